The molecule has 2 heterocycles. The molecule has 124 valence electrons. The lowest BCUT2D eigenvalue weighted by molar-refractivity contribution is -0.115. The molecule has 1 amide bonds. The second-order valence-electron chi connectivity index (χ2n) is 5.46. The summed E-state index contributed by atoms with van der Waals surface area (Å²) < 4.78 is 0. The number of nitrogens with two attached hydrogens (primary N) is 1. The third kappa shape index (κ3) is 3.37. The van der Waals surface area contributed by atoms with E-state index < -0.39 is 0 Å². The number of nitrogens with one attached hydrogen (secondary N) is 1. The summed E-state index contributed by atoms with van der Waals surface area (Å²) in [6.45, 7) is 6.08. The van der Waals surface area contributed by atoms with Crippen LogP contribution in [0.1, 0.15) is 16.3 Å². The maximum atomic E-state index is 11.1. The number of fused-ring (bicyclic) bond motifs is 1. The summed E-state index contributed by atoms with van der Waals surface area (Å²) >= 11 is 3.09. The lowest BCUT2D eigenvalue weighted by atomic mass is 10.2. The Balaban J connectivity index is 2.03. The van der Waals surface area contributed by atoms with E-state index >= 15 is 0 Å². The van der Waals surface area contributed by atoms with Gasteiger partial charge in [-0.15, -0.1) is 23.1 Å². The number of hydrogen-bond donors (Lipinski definition) is 2. The normalized spacial score (nSPS) is 11.0. The van der Waals surface area contributed by atoms with Crippen molar-refractivity contribution in [3.05, 3.63) is 40.5 Å². The van der Waals surface area contributed by atoms with Gasteiger partial charge in [0, 0.05) is 9.77 Å². The van der Waals surface area contributed by atoms with Gasteiger partial charge in [0.25, 0.3) is 0 Å². The average molecular weight is 358 g/mol. The quantitative estimate of drug-likeness (QED) is 0.675. The van der Waals surface area contributed by atoms with Gasteiger partial charge in [0.2, 0.25) is 5.91 Å². The van der Waals surface area contributed by atoms with Crippen molar-refractivity contribution >= 4 is 50.7 Å². The lowest BCUT2D eigenvalue weighted by Crippen LogP contribution is -2.13. The molecule has 3 N–H and O–H groups in total. The molecule has 0 aliphatic heterocycles. The molecule has 7 heteroatoms. The van der Waals surface area contributed by atoms with Crippen LogP contribution in [0.4, 0.5) is 11.5 Å². The Hall–Kier alpha value is -2.12. The van der Waals surface area contributed by atoms with E-state index in [0.29, 0.717) is 0 Å². The maximum absolute atomic E-state index is 11.1. The molecular formula is C17H18N4OS2. The van der Waals surface area contributed by atoms with Gasteiger partial charge >= 0.3 is 0 Å². The molecule has 0 saturated heterocycles. The van der Waals surface area contributed by atoms with Crippen molar-refractivity contribution in [2.75, 3.05) is 11.1 Å². The number of carbonyl (C=O) groups is 1. The molecule has 2 aromatic heterocycles. The number of carbonyl (C=O) groups excluding carboxylic acids is 1. The molecule has 0 aliphatic rings. The number of nitrogens with zero attached hydrogens (tertiary/aromatic N) is 2. The third-order valence-corrected chi connectivity index (χ3v) is 5.85. The number of anilines is 2. The van der Waals surface area contributed by atoms with E-state index in [1.54, 1.807) is 11.3 Å². The maximum Gasteiger partial charge on any atom is 0.227 e. The molecule has 0 atom stereocenters. The average Bonchev–Trinajstić information content (AvgIpc) is 2.80. The number of rotatable bonds is 5. The van der Waals surface area contributed by atoms with E-state index in [0.717, 1.165) is 32.4 Å². The Morgan fingerprint density at radius 2 is 2.00 bits per heavy atom. The zero-order valence-corrected chi connectivity index (χ0v) is 15.3. The molecule has 0 spiro atoms. The fourth-order valence-electron chi connectivity index (χ4n) is 2.42. The smallest absolute Gasteiger partial charge is 0.227 e. The van der Waals surface area contributed by atoms with Crippen LogP contribution in [0, 0.1) is 20.8 Å². The van der Waals surface area contributed by atoms with E-state index in [9.17, 15) is 4.79 Å². The van der Waals surface area contributed by atoms with Crippen LogP contribution in [0.5, 0.6) is 0 Å². The standard InChI is InChI=1S/C17H18N4OS2/c1-9-10(2)24-17-15(9)16(19-11(3)20-17)21-12-6-4-5-7-13(12)23-8-14(18)22/h4-7H,8H2,1-3H3,(H2,18,22)(H,19,20,21). The predicted molar refractivity (Wildman–Crippen MR) is 101 cm³/mol. The molecule has 1 aromatic carbocycles. The Bertz CT molecular complexity index is 920. The molecule has 5 nitrogen and oxygen atoms in total. The highest BCUT2D eigenvalue weighted by Crippen LogP contribution is 2.36. The first-order valence-corrected chi connectivity index (χ1v) is 9.27. The highest BCUT2D eigenvalue weighted by molar-refractivity contribution is 8.00. The van der Waals surface area contributed by atoms with Gasteiger partial charge in [-0.25, -0.2) is 9.97 Å². The van der Waals surface area contributed by atoms with Crippen LogP contribution < -0.4 is 11.1 Å². The van der Waals surface area contributed by atoms with Gasteiger partial charge in [0.1, 0.15) is 16.5 Å². The van der Waals surface area contributed by atoms with Gasteiger partial charge in [-0.05, 0) is 38.5 Å². The van der Waals surface area contributed by atoms with Crippen molar-refractivity contribution in [1.82, 2.24) is 9.97 Å². The number of para-hydroxylation sites is 1. The second-order valence-corrected chi connectivity index (χ2v) is 7.68. The van der Waals surface area contributed by atoms with E-state index in [1.165, 1.54) is 22.2 Å². The SMILES string of the molecule is Cc1nc(Nc2ccccc2SCC(N)=O)c2c(C)c(C)sc2n1. The first-order valence-electron chi connectivity index (χ1n) is 7.47. The molecule has 0 bridgehead atoms. The van der Waals surface area contributed by atoms with E-state index in [2.05, 4.69) is 29.1 Å². The monoisotopic (exact) mass is 358 g/mol. The first-order chi connectivity index (χ1) is 11.5. The minimum absolute atomic E-state index is 0.244. The largest absolute Gasteiger partial charge is 0.369 e. The van der Waals surface area contributed by atoms with Crippen molar-refractivity contribution in [2.45, 2.75) is 25.7 Å². The Labute approximate surface area is 148 Å². The summed E-state index contributed by atoms with van der Waals surface area (Å²) in [6, 6.07) is 7.83. The molecule has 0 radical (unpaired) electrons. The summed E-state index contributed by atoms with van der Waals surface area (Å²) in [5.74, 6) is 1.44. The van der Waals surface area contributed by atoms with Crippen LogP contribution in [-0.2, 0) is 4.79 Å². The zero-order valence-electron chi connectivity index (χ0n) is 13.7. The van der Waals surface area contributed by atoms with Gasteiger partial charge in [-0.3, -0.25) is 4.79 Å². The number of hydrogen-bond acceptors (Lipinski definition) is 6. The second kappa shape index (κ2) is 6.78. The van der Waals surface area contributed by atoms with Gasteiger partial charge < -0.3 is 11.1 Å². The number of thiophene rings is 1. The predicted octanol–water partition coefficient (Wildman–Crippen LogP) is 3.94. The summed E-state index contributed by atoms with van der Waals surface area (Å²) in [6.07, 6.45) is 0. The number of amides is 1. The van der Waals surface area contributed by atoms with Crippen LogP contribution in [0.15, 0.2) is 29.2 Å². The molecule has 0 unspecified atom stereocenters. The molecule has 24 heavy (non-hydrogen) atoms. The van der Waals surface area contributed by atoms with Crippen molar-refractivity contribution in [3.63, 3.8) is 0 Å². The zero-order chi connectivity index (χ0) is 17.3. The van der Waals surface area contributed by atoms with Crippen LogP contribution in [0.2, 0.25) is 0 Å². The number of thioether (sulfide) groups is 1. The minimum atomic E-state index is -0.334. The Morgan fingerprint density at radius 3 is 2.75 bits per heavy atom. The summed E-state index contributed by atoms with van der Waals surface area (Å²) in [5.41, 5.74) is 7.36. The highest BCUT2D eigenvalue weighted by Gasteiger charge is 2.15. The molecule has 0 fully saturated rings. The topological polar surface area (TPSA) is 80.9 Å². The third-order valence-electron chi connectivity index (χ3n) is 3.65. The fourth-order valence-corrected chi connectivity index (χ4v) is 4.24. The van der Waals surface area contributed by atoms with E-state index in [1.807, 2.05) is 31.2 Å². The molecule has 0 aliphatic carbocycles. The van der Waals surface area contributed by atoms with Crippen LogP contribution in [0.3, 0.4) is 0 Å². The van der Waals surface area contributed by atoms with E-state index in [4.69, 9.17) is 5.73 Å². The summed E-state index contributed by atoms with van der Waals surface area (Å²) in [4.78, 5) is 23.4. The van der Waals surface area contributed by atoms with Crippen molar-refractivity contribution in [3.8, 4) is 0 Å². The van der Waals surface area contributed by atoms with Gasteiger partial charge in [0.15, 0.2) is 0 Å². The van der Waals surface area contributed by atoms with Crippen molar-refractivity contribution in [1.29, 1.82) is 0 Å². The number of aromatic nitrogens is 2. The van der Waals surface area contributed by atoms with E-state index in [-0.39, 0.29) is 11.7 Å². The van der Waals surface area contributed by atoms with Gasteiger partial charge in [-0.1, -0.05) is 12.1 Å². The van der Waals surface area contributed by atoms with Crippen molar-refractivity contribution < 1.29 is 4.79 Å². The summed E-state index contributed by atoms with van der Waals surface area (Å²) in [7, 11) is 0. The van der Waals surface area contributed by atoms with Crippen LogP contribution in [-0.4, -0.2) is 21.6 Å². The molecular weight excluding hydrogens is 340 g/mol. The molecule has 0 saturated carbocycles. The number of benzene rings is 1. The highest BCUT2D eigenvalue weighted by atomic mass is 32.2. The minimum Gasteiger partial charge on any atom is -0.369 e. The van der Waals surface area contributed by atoms with Gasteiger partial charge in [-0.2, -0.15) is 0 Å². The molecule has 3 rings (SSSR count). The van der Waals surface area contributed by atoms with Crippen LogP contribution in [0.25, 0.3) is 10.2 Å². The van der Waals surface area contributed by atoms with Crippen LogP contribution >= 0.6 is 23.1 Å². The van der Waals surface area contributed by atoms with Gasteiger partial charge in [0.05, 0.1) is 16.8 Å². The number of primary amides is 1. The Kier molecular flexibility index (Phi) is 4.73. The molecule has 3 aromatic rings. The van der Waals surface area contributed by atoms with Crippen molar-refractivity contribution in [2.24, 2.45) is 5.73 Å². The first kappa shape index (κ1) is 16.7. The summed E-state index contributed by atoms with van der Waals surface area (Å²) in [5, 5.41) is 4.47. The Morgan fingerprint density at radius 1 is 1.25 bits per heavy atom. The fraction of sp³-hybridized carbons (Fsp3) is 0.235. The lowest BCUT2D eigenvalue weighted by Gasteiger charge is -2.12. The number of aryl methyl sites for hydroxylation is 3.